The molecule has 0 atom stereocenters. The number of aromatic amines is 2. The number of nitrogens with one attached hydrogen (secondary N) is 2. The van der Waals surface area contributed by atoms with Crippen LogP contribution in [0.1, 0.15) is 35.6 Å². The van der Waals surface area contributed by atoms with E-state index in [9.17, 15) is 0 Å². The number of aromatic nitrogens is 4. The molecule has 0 aliphatic carbocycles. The van der Waals surface area contributed by atoms with E-state index in [1.807, 2.05) is 0 Å². The largest absolute Gasteiger partial charge is 0.493 e. The van der Waals surface area contributed by atoms with E-state index in [-0.39, 0.29) is 0 Å². The predicted octanol–water partition coefficient (Wildman–Crippen LogP) is 12.3. The topological polar surface area (TPSA) is 75.8 Å². The minimum absolute atomic E-state index is 0.669. The molecule has 8 heteroatoms. The fraction of sp³-hybridized carbons (Fsp3) is 0.214. The van der Waals surface area contributed by atoms with Crippen molar-refractivity contribution >= 4 is 46.4 Å². The van der Waals surface area contributed by atoms with Gasteiger partial charge in [-0.15, -0.1) is 0 Å². The first-order chi connectivity index (χ1) is 31.0. The lowest BCUT2D eigenvalue weighted by Gasteiger charge is -2.23. The Morgan fingerprint density at radius 3 is 1.08 bits per heavy atom. The van der Waals surface area contributed by atoms with E-state index in [0.717, 1.165) is 136 Å². The van der Waals surface area contributed by atoms with Crippen molar-refractivity contribution in [1.82, 2.24) is 19.9 Å². The highest BCUT2D eigenvalue weighted by atomic mass is 16.5. The lowest BCUT2D eigenvalue weighted by atomic mass is 10.0. The van der Waals surface area contributed by atoms with Crippen molar-refractivity contribution in [2.24, 2.45) is 0 Å². The third-order valence-electron chi connectivity index (χ3n) is 11.6. The third kappa shape index (κ3) is 9.64. The van der Waals surface area contributed by atoms with Crippen LogP contribution in [0.25, 0.3) is 90.9 Å². The number of ether oxygens (including phenoxy) is 2. The van der Waals surface area contributed by atoms with E-state index in [0.29, 0.717) is 13.2 Å². The van der Waals surface area contributed by atoms with Crippen LogP contribution in [0, 0.1) is 0 Å². The average Bonchev–Trinajstić information content (AvgIpc) is 4.13. The molecule has 0 fully saturated rings. The average molecular weight is 847 g/mol. The Bertz CT molecular complexity index is 2850. The molecule has 0 amide bonds. The number of hydrogen-bond donors (Lipinski definition) is 2. The molecule has 4 aromatic carbocycles. The number of fused-ring (bicyclic) bond motifs is 8. The Kier molecular flexibility index (Phi) is 11.9. The van der Waals surface area contributed by atoms with Gasteiger partial charge < -0.3 is 28.4 Å². The molecule has 322 valence electrons. The molecule has 0 spiro atoms. The maximum Gasteiger partial charge on any atom is 0.119 e. The van der Waals surface area contributed by atoms with Gasteiger partial charge in [0.05, 0.1) is 91.4 Å². The second-order valence-electron chi connectivity index (χ2n) is 18.7. The number of nitrogens with zero attached hydrogens (tertiary/aromatic N) is 4. The lowest BCUT2D eigenvalue weighted by molar-refractivity contribution is -0.870. The zero-order chi connectivity index (χ0) is 44.3. The van der Waals surface area contributed by atoms with Gasteiger partial charge in [0.1, 0.15) is 11.5 Å². The van der Waals surface area contributed by atoms with Crippen molar-refractivity contribution in [2.45, 2.75) is 12.8 Å². The Morgan fingerprint density at radius 1 is 0.375 bits per heavy atom. The molecular weight excluding hydrogens is 789 g/mol. The van der Waals surface area contributed by atoms with Gasteiger partial charge in [0, 0.05) is 57.2 Å². The van der Waals surface area contributed by atoms with E-state index in [1.165, 1.54) is 0 Å². The van der Waals surface area contributed by atoms with Gasteiger partial charge in [-0.2, -0.15) is 0 Å². The van der Waals surface area contributed by atoms with E-state index in [1.54, 1.807) is 0 Å². The Labute approximate surface area is 377 Å². The van der Waals surface area contributed by atoms with E-state index in [4.69, 9.17) is 19.4 Å². The molecule has 64 heavy (non-hydrogen) atoms. The smallest absolute Gasteiger partial charge is 0.119 e. The van der Waals surface area contributed by atoms with Gasteiger partial charge in [0.15, 0.2) is 0 Å². The molecule has 0 unspecified atom stereocenters. The highest BCUT2D eigenvalue weighted by molar-refractivity contribution is 6.00. The first kappa shape index (κ1) is 42.3. The molecule has 0 radical (unpaired) electrons. The van der Waals surface area contributed by atoms with Crippen LogP contribution in [-0.4, -0.2) is 97.5 Å². The molecule has 2 aliphatic rings. The predicted molar refractivity (Wildman–Crippen MR) is 267 cm³/mol. The van der Waals surface area contributed by atoms with Gasteiger partial charge >= 0.3 is 0 Å². The summed E-state index contributed by atoms with van der Waals surface area (Å²) < 4.78 is 14.3. The molecule has 0 saturated carbocycles. The van der Waals surface area contributed by atoms with Crippen molar-refractivity contribution in [1.29, 1.82) is 0 Å². The molecule has 3 aromatic heterocycles. The van der Waals surface area contributed by atoms with Gasteiger partial charge in [-0.05, 0) is 95.1 Å². The summed E-state index contributed by atoms with van der Waals surface area (Å²) in [6, 6.07) is 46.6. The summed E-state index contributed by atoms with van der Waals surface area (Å²) in [7, 11) is 13.3. The number of H-pyrrole nitrogens is 2. The molecule has 7 aromatic rings. The summed E-state index contributed by atoms with van der Waals surface area (Å²) in [6.45, 7) is 3.44. The molecule has 2 N–H and O–H groups in total. The zero-order valence-electron chi connectivity index (χ0n) is 37.9. The first-order valence-corrected chi connectivity index (χ1v) is 22.3. The van der Waals surface area contributed by atoms with Crippen molar-refractivity contribution in [3.8, 4) is 56.0 Å². The Morgan fingerprint density at radius 2 is 0.703 bits per heavy atom. The van der Waals surface area contributed by atoms with Crippen LogP contribution in [0.3, 0.4) is 0 Å². The maximum absolute atomic E-state index is 6.22. The van der Waals surface area contributed by atoms with Crippen molar-refractivity contribution in [2.75, 3.05) is 68.6 Å². The fourth-order valence-corrected chi connectivity index (χ4v) is 8.52. The minimum atomic E-state index is 0.669. The lowest BCUT2D eigenvalue weighted by Crippen LogP contribution is -2.36. The number of quaternary nitrogens is 2. The van der Waals surface area contributed by atoms with E-state index >= 15 is 0 Å². The van der Waals surface area contributed by atoms with E-state index < -0.39 is 0 Å². The van der Waals surface area contributed by atoms with E-state index in [2.05, 4.69) is 210 Å². The van der Waals surface area contributed by atoms with Gasteiger partial charge in [-0.1, -0.05) is 84.9 Å². The van der Waals surface area contributed by atoms with Gasteiger partial charge in [0.25, 0.3) is 0 Å². The number of hydrogen-bond acceptors (Lipinski definition) is 4. The number of benzene rings is 4. The minimum Gasteiger partial charge on any atom is -0.493 e. The molecule has 9 rings (SSSR count). The highest BCUT2D eigenvalue weighted by Crippen LogP contribution is 2.39. The second kappa shape index (κ2) is 18.0. The van der Waals surface area contributed by atoms with Crippen LogP contribution in [-0.2, 0) is 0 Å². The molecule has 8 bridgehead atoms. The summed E-state index contributed by atoms with van der Waals surface area (Å²) in [6.07, 6.45) is 10.5. The number of rotatable bonds is 14. The van der Waals surface area contributed by atoms with Crippen LogP contribution >= 0.6 is 0 Å². The standard InChI is InChI=1S/C56H58N6O2/c1-61(2,3)35-13-37-63-43-23-19-41(20-24-43)55-49-31-27-45(57-49)53(39-15-9-7-10-16-39)47-29-33-51(59-47)56(42-21-25-44(26-22-42)64-38-14-36-62(4,5)6)52-34-30-48(60-52)54(40-17-11-8-12-18-40)46-28-32-50(55)58-46/h7-12,15-34,57-58H,13-14,35-38H2,1-6H3/q+2. The maximum atomic E-state index is 6.22. The van der Waals surface area contributed by atoms with Crippen LogP contribution in [0.2, 0.25) is 0 Å². The van der Waals surface area contributed by atoms with Crippen LogP contribution in [0.4, 0.5) is 0 Å². The van der Waals surface area contributed by atoms with Crippen molar-refractivity contribution < 1.29 is 18.4 Å². The molecule has 5 heterocycles. The fourth-order valence-electron chi connectivity index (χ4n) is 8.52. The third-order valence-corrected chi connectivity index (χ3v) is 11.6. The van der Waals surface area contributed by atoms with Gasteiger partial charge in [-0.25, -0.2) is 9.97 Å². The molecule has 8 nitrogen and oxygen atoms in total. The molecular formula is C56H58N6O2+2. The highest BCUT2D eigenvalue weighted by Gasteiger charge is 2.20. The summed E-state index contributed by atoms with van der Waals surface area (Å²) in [5, 5.41) is 0. The Hall–Kier alpha value is -7.00. The SMILES string of the molecule is C[N+](C)(C)CCCOc1ccc(-c2c3nc(c(-c4ccccc4)c4ccc([nH]4)c(-c4ccc(OCCC[N+](C)(C)C)cc4)c4ccc([nH]4)c(-c4ccccc4)c4nc2C=C4)C=C3)cc1. The van der Waals surface area contributed by atoms with Crippen LogP contribution in [0.5, 0.6) is 11.5 Å². The summed E-state index contributed by atoms with van der Waals surface area (Å²) in [4.78, 5) is 18.6. The monoisotopic (exact) mass is 846 g/mol. The second-order valence-corrected chi connectivity index (χ2v) is 18.7. The van der Waals surface area contributed by atoms with Crippen LogP contribution in [0.15, 0.2) is 133 Å². The molecule has 0 saturated heterocycles. The first-order valence-electron chi connectivity index (χ1n) is 22.3. The quantitative estimate of drug-likeness (QED) is 0.0844. The molecule has 2 aliphatic heterocycles. The summed E-state index contributed by atoms with van der Waals surface area (Å²) in [5.41, 5.74) is 15.6. The Balaban J connectivity index is 1.25. The summed E-state index contributed by atoms with van der Waals surface area (Å²) in [5.74, 6) is 1.71. The van der Waals surface area contributed by atoms with Gasteiger partial charge in [-0.3, -0.25) is 0 Å². The van der Waals surface area contributed by atoms with Crippen molar-refractivity contribution in [3.63, 3.8) is 0 Å². The summed E-state index contributed by atoms with van der Waals surface area (Å²) >= 11 is 0. The zero-order valence-corrected chi connectivity index (χ0v) is 37.9. The van der Waals surface area contributed by atoms with Crippen LogP contribution < -0.4 is 9.47 Å². The normalized spacial score (nSPS) is 12.5. The van der Waals surface area contributed by atoms with Crippen molar-refractivity contribution in [3.05, 3.63) is 156 Å². The van der Waals surface area contributed by atoms with Gasteiger partial charge in [0.2, 0.25) is 0 Å².